The van der Waals surface area contributed by atoms with Crippen molar-refractivity contribution in [1.29, 1.82) is 0 Å². The summed E-state index contributed by atoms with van der Waals surface area (Å²) >= 11 is 0. The van der Waals surface area contributed by atoms with Crippen molar-refractivity contribution in [2.24, 2.45) is 0 Å². The molecule has 0 amide bonds. The molecule has 0 saturated heterocycles. The Morgan fingerprint density at radius 3 is 2.25 bits per heavy atom. The third-order valence-corrected chi connectivity index (χ3v) is 3.88. The Kier molecular flexibility index (Phi) is 6.53. The van der Waals surface area contributed by atoms with Gasteiger partial charge >= 0.3 is 5.97 Å². The van der Waals surface area contributed by atoms with Crippen molar-refractivity contribution < 1.29 is 14.6 Å². The summed E-state index contributed by atoms with van der Waals surface area (Å²) in [7, 11) is 1.94. The number of ether oxygens (including phenoxy) is 1. The van der Waals surface area contributed by atoms with Crippen LogP contribution in [0.15, 0.2) is 60.7 Å². The van der Waals surface area contributed by atoms with Crippen molar-refractivity contribution in [3.8, 4) is 0 Å². The van der Waals surface area contributed by atoms with E-state index in [-0.39, 0.29) is 6.42 Å². The lowest BCUT2D eigenvalue weighted by Crippen LogP contribution is -2.41. The highest BCUT2D eigenvalue weighted by Crippen LogP contribution is 2.27. The van der Waals surface area contributed by atoms with E-state index in [2.05, 4.69) is 0 Å². The first-order chi connectivity index (χ1) is 11.5. The van der Waals surface area contributed by atoms with E-state index in [9.17, 15) is 9.90 Å². The van der Waals surface area contributed by atoms with Crippen molar-refractivity contribution in [3.05, 3.63) is 71.8 Å². The summed E-state index contributed by atoms with van der Waals surface area (Å²) < 4.78 is 5.04. The van der Waals surface area contributed by atoms with Crippen molar-refractivity contribution >= 4 is 5.97 Å². The molecule has 2 aromatic carbocycles. The van der Waals surface area contributed by atoms with E-state index in [0.29, 0.717) is 19.7 Å². The lowest BCUT2D eigenvalue weighted by atomic mass is 9.89. The number of carbonyl (C=O) groups excluding carboxylic acids is 1. The molecule has 0 fully saturated rings. The average Bonchev–Trinajstić information content (AvgIpc) is 2.56. The predicted molar refractivity (Wildman–Crippen MR) is 94.4 cm³/mol. The fourth-order valence-electron chi connectivity index (χ4n) is 2.85. The molecule has 24 heavy (non-hydrogen) atoms. The maximum absolute atomic E-state index is 12.0. The summed E-state index contributed by atoms with van der Waals surface area (Å²) in [5, 5.41) is 11.2. The third-order valence-electron chi connectivity index (χ3n) is 3.88. The van der Waals surface area contributed by atoms with Gasteiger partial charge in [-0.2, -0.15) is 0 Å². The molecule has 0 saturated carbocycles. The summed E-state index contributed by atoms with van der Waals surface area (Å²) in [6.45, 7) is 3.11. The van der Waals surface area contributed by atoms with Crippen LogP contribution in [0.2, 0.25) is 0 Å². The molecular weight excluding hydrogens is 302 g/mol. The Balaban J connectivity index is 2.14. The first-order valence-corrected chi connectivity index (χ1v) is 8.19. The van der Waals surface area contributed by atoms with Crippen molar-refractivity contribution in [3.63, 3.8) is 0 Å². The third kappa shape index (κ3) is 5.18. The number of aliphatic hydroxyl groups is 1. The topological polar surface area (TPSA) is 49.8 Å². The van der Waals surface area contributed by atoms with Gasteiger partial charge in [-0.1, -0.05) is 60.7 Å². The van der Waals surface area contributed by atoms with Gasteiger partial charge in [0.15, 0.2) is 0 Å². The molecule has 1 N–H and O–H groups in total. The van der Waals surface area contributed by atoms with Crippen LogP contribution in [0.5, 0.6) is 0 Å². The summed E-state index contributed by atoms with van der Waals surface area (Å²) in [6, 6.07) is 19.4. The smallest absolute Gasteiger partial charge is 0.309 e. The zero-order valence-electron chi connectivity index (χ0n) is 14.3. The van der Waals surface area contributed by atoms with Crippen LogP contribution in [0.3, 0.4) is 0 Å². The molecule has 2 aromatic rings. The van der Waals surface area contributed by atoms with Gasteiger partial charge in [0, 0.05) is 13.1 Å². The molecule has 1 unspecified atom stereocenters. The van der Waals surface area contributed by atoms with E-state index in [1.807, 2.05) is 72.6 Å². The Hall–Kier alpha value is -2.17. The number of hydrogen-bond acceptors (Lipinski definition) is 4. The quantitative estimate of drug-likeness (QED) is 0.757. The van der Waals surface area contributed by atoms with Gasteiger partial charge in [-0.15, -0.1) is 0 Å². The highest BCUT2D eigenvalue weighted by Gasteiger charge is 2.34. The van der Waals surface area contributed by atoms with Crippen LogP contribution in [0, 0.1) is 0 Å². The summed E-state index contributed by atoms with van der Waals surface area (Å²) in [6.07, 6.45) is -0.0655. The van der Waals surface area contributed by atoms with E-state index >= 15 is 0 Å². The number of nitrogens with zero attached hydrogens (tertiary/aromatic N) is 1. The Morgan fingerprint density at radius 1 is 1.08 bits per heavy atom. The standard InChI is InChI=1S/C20H25NO3/c1-3-24-19(22)14-20(23,18-12-8-5-9-13-18)16-21(2)15-17-10-6-4-7-11-17/h4-13,23H,3,14-16H2,1-2H3. The number of carbonyl (C=O) groups is 1. The molecule has 0 aliphatic heterocycles. The molecule has 0 aliphatic rings. The second-order valence-electron chi connectivity index (χ2n) is 6.04. The van der Waals surface area contributed by atoms with Gasteiger partial charge in [0.25, 0.3) is 0 Å². The lowest BCUT2D eigenvalue weighted by Gasteiger charge is -2.32. The number of likely N-dealkylation sites (N-methyl/N-ethyl adjacent to an activating group) is 1. The van der Waals surface area contributed by atoms with Crippen molar-refractivity contribution in [1.82, 2.24) is 4.90 Å². The largest absolute Gasteiger partial charge is 0.466 e. The fourth-order valence-corrected chi connectivity index (χ4v) is 2.85. The molecule has 0 spiro atoms. The van der Waals surface area contributed by atoms with Crippen LogP contribution in [-0.2, 0) is 21.7 Å². The fraction of sp³-hybridized carbons (Fsp3) is 0.350. The Bertz CT molecular complexity index is 630. The highest BCUT2D eigenvalue weighted by molar-refractivity contribution is 5.71. The van der Waals surface area contributed by atoms with Crippen LogP contribution < -0.4 is 0 Å². The molecule has 0 radical (unpaired) electrons. The highest BCUT2D eigenvalue weighted by atomic mass is 16.5. The van der Waals surface area contributed by atoms with Gasteiger partial charge in [0.2, 0.25) is 0 Å². The van der Waals surface area contributed by atoms with Crippen LogP contribution in [0.25, 0.3) is 0 Å². The van der Waals surface area contributed by atoms with E-state index in [1.165, 1.54) is 0 Å². The zero-order valence-corrected chi connectivity index (χ0v) is 14.3. The lowest BCUT2D eigenvalue weighted by molar-refractivity contribution is -0.150. The summed E-state index contributed by atoms with van der Waals surface area (Å²) in [5.41, 5.74) is 0.598. The molecule has 4 nitrogen and oxygen atoms in total. The molecule has 2 rings (SSSR count). The molecule has 0 aromatic heterocycles. The number of rotatable bonds is 8. The van der Waals surface area contributed by atoms with Gasteiger partial charge < -0.3 is 9.84 Å². The Morgan fingerprint density at radius 2 is 1.67 bits per heavy atom. The summed E-state index contributed by atoms with van der Waals surface area (Å²) in [4.78, 5) is 14.0. The normalized spacial score (nSPS) is 13.5. The van der Waals surface area contributed by atoms with Gasteiger partial charge in [0.1, 0.15) is 5.60 Å². The minimum absolute atomic E-state index is 0.0655. The van der Waals surface area contributed by atoms with Gasteiger partial charge in [0.05, 0.1) is 13.0 Å². The molecule has 4 heteroatoms. The number of hydrogen-bond donors (Lipinski definition) is 1. The molecule has 0 aliphatic carbocycles. The first kappa shape index (κ1) is 18.2. The SMILES string of the molecule is CCOC(=O)CC(O)(CN(C)Cc1ccccc1)c1ccccc1. The monoisotopic (exact) mass is 327 g/mol. The average molecular weight is 327 g/mol. The minimum atomic E-state index is -1.28. The van der Waals surface area contributed by atoms with Crippen LogP contribution in [-0.4, -0.2) is 36.2 Å². The summed E-state index contributed by atoms with van der Waals surface area (Å²) in [5.74, 6) is -0.392. The van der Waals surface area contributed by atoms with Crippen molar-refractivity contribution in [2.75, 3.05) is 20.2 Å². The van der Waals surface area contributed by atoms with E-state index in [1.54, 1.807) is 6.92 Å². The van der Waals surface area contributed by atoms with Gasteiger partial charge in [-0.3, -0.25) is 9.69 Å². The number of benzene rings is 2. The molecular formula is C20H25NO3. The molecule has 1 atom stereocenters. The van der Waals surface area contributed by atoms with Crippen LogP contribution in [0.1, 0.15) is 24.5 Å². The van der Waals surface area contributed by atoms with Crippen molar-refractivity contribution in [2.45, 2.75) is 25.5 Å². The van der Waals surface area contributed by atoms with Crippen LogP contribution in [0.4, 0.5) is 0 Å². The van der Waals surface area contributed by atoms with E-state index in [4.69, 9.17) is 4.74 Å². The Labute approximate surface area is 143 Å². The van der Waals surface area contributed by atoms with Crippen LogP contribution >= 0.6 is 0 Å². The second kappa shape index (κ2) is 8.62. The van der Waals surface area contributed by atoms with E-state index < -0.39 is 11.6 Å². The predicted octanol–water partition coefficient (Wildman–Crippen LogP) is 2.96. The number of esters is 1. The maximum atomic E-state index is 12.0. The van der Waals surface area contributed by atoms with E-state index in [0.717, 1.165) is 11.1 Å². The van der Waals surface area contributed by atoms with Gasteiger partial charge in [-0.25, -0.2) is 0 Å². The first-order valence-electron chi connectivity index (χ1n) is 8.19. The maximum Gasteiger partial charge on any atom is 0.309 e. The molecule has 0 heterocycles. The molecule has 0 bridgehead atoms. The minimum Gasteiger partial charge on any atom is -0.466 e. The molecule has 128 valence electrons. The zero-order chi connectivity index (χ0) is 17.4. The second-order valence-corrected chi connectivity index (χ2v) is 6.04. The van der Waals surface area contributed by atoms with Gasteiger partial charge in [-0.05, 0) is 25.1 Å².